The first-order valence-corrected chi connectivity index (χ1v) is 11.6. The summed E-state index contributed by atoms with van der Waals surface area (Å²) in [4.78, 5) is 24.2. The van der Waals surface area contributed by atoms with Gasteiger partial charge in [0.2, 0.25) is 5.95 Å². The van der Waals surface area contributed by atoms with E-state index < -0.39 is 5.97 Å². The minimum atomic E-state index is -0.912. The molecule has 7 nitrogen and oxygen atoms in total. The van der Waals surface area contributed by atoms with Crippen molar-refractivity contribution in [1.29, 1.82) is 0 Å². The number of carboxylic acids is 1. The lowest BCUT2D eigenvalue weighted by molar-refractivity contribution is 0.0699. The predicted molar refractivity (Wildman–Crippen MR) is 126 cm³/mol. The predicted octanol–water partition coefficient (Wildman–Crippen LogP) is 3.85. The molecule has 1 aromatic carbocycles. The van der Waals surface area contributed by atoms with Crippen molar-refractivity contribution in [1.82, 2.24) is 20.2 Å². The molecule has 1 fully saturated rings. The number of aromatic nitrogens is 2. The molecule has 3 aromatic rings. The summed E-state index contributed by atoms with van der Waals surface area (Å²) in [5, 5.41) is 17.1. The highest BCUT2D eigenvalue weighted by molar-refractivity contribution is 7.22. The standard InChI is InChI=1S/C23H29N5O2S/c1-14-11-26-23(25-8-5-9-28-15(2)12-24-13-16(28)3)27-21(14)20-10-18-17(22(29)30)6-4-7-19(18)31-20/h4,6-7,10-11,15-16,24H,5,8-9,12-13H2,1-3H3,(H,29,30)(H,25,26,27). The summed E-state index contributed by atoms with van der Waals surface area (Å²) in [7, 11) is 0. The van der Waals surface area contributed by atoms with Crippen molar-refractivity contribution in [2.24, 2.45) is 0 Å². The number of hydrogen-bond acceptors (Lipinski definition) is 7. The smallest absolute Gasteiger partial charge is 0.336 e. The fraction of sp³-hybridized carbons (Fsp3) is 0.435. The topological polar surface area (TPSA) is 90.4 Å². The molecule has 0 radical (unpaired) electrons. The van der Waals surface area contributed by atoms with Gasteiger partial charge in [0.25, 0.3) is 0 Å². The molecule has 1 aliphatic heterocycles. The van der Waals surface area contributed by atoms with Gasteiger partial charge >= 0.3 is 5.97 Å². The second-order valence-corrected chi connectivity index (χ2v) is 9.32. The molecule has 1 saturated heterocycles. The van der Waals surface area contributed by atoms with Crippen molar-refractivity contribution in [3.05, 3.63) is 41.6 Å². The Hall–Kier alpha value is -2.55. The summed E-state index contributed by atoms with van der Waals surface area (Å²) in [5.41, 5.74) is 2.14. The van der Waals surface area contributed by atoms with E-state index >= 15 is 0 Å². The molecule has 0 spiro atoms. The number of hydrogen-bond donors (Lipinski definition) is 3. The summed E-state index contributed by atoms with van der Waals surface area (Å²) in [6, 6.07) is 8.40. The second kappa shape index (κ2) is 9.30. The van der Waals surface area contributed by atoms with Crippen LogP contribution in [0.25, 0.3) is 20.7 Å². The summed E-state index contributed by atoms with van der Waals surface area (Å²) in [6.07, 6.45) is 2.85. The Balaban J connectivity index is 1.46. The van der Waals surface area contributed by atoms with Crippen LogP contribution >= 0.6 is 11.3 Å². The number of carboxylic acid groups (broad SMARTS) is 1. The highest BCUT2D eigenvalue weighted by atomic mass is 32.1. The van der Waals surface area contributed by atoms with E-state index in [1.165, 1.54) is 0 Å². The fourth-order valence-electron chi connectivity index (χ4n) is 4.21. The van der Waals surface area contributed by atoms with Crippen LogP contribution in [-0.2, 0) is 0 Å². The van der Waals surface area contributed by atoms with E-state index in [9.17, 15) is 9.90 Å². The third-order valence-corrected chi connectivity index (χ3v) is 6.99. The van der Waals surface area contributed by atoms with Crippen LogP contribution in [0.5, 0.6) is 0 Å². The molecule has 8 heteroatoms. The Morgan fingerprint density at radius 1 is 1.32 bits per heavy atom. The molecule has 4 rings (SSSR count). The number of aryl methyl sites for hydroxylation is 1. The number of aromatic carboxylic acids is 1. The Morgan fingerprint density at radius 3 is 2.84 bits per heavy atom. The van der Waals surface area contributed by atoms with Gasteiger partial charge < -0.3 is 15.7 Å². The van der Waals surface area contributed by atoms with Gasteiger partial charge in [-0.25, -0.2) is 14.8 Å². The Morgan fingerprint density at radius 2 is 2.10 bits per heavy atom. The van der Waals surface area contributed by atoms with E-state index in [0.717, 1.165) is 58.8 Å². The van der Waals surface area contributed by atoms with Crippen LogP contribution in [0.2, 0.25) is 0 Å². The van der Waals surface area contributed by atoms with Gasteiger partial charge in [-0.15, -0.1) is 11.3 Å². The maximum Gasteiger partial charge on any atom is 0.336 e. The first kappa shape index (κ1) is 21.7. The number of rotatable bonds is 7. The van der Waals surface area contributed by atoms with Crippen molar-refractivity contribution in [2.75, 3.05) is 31.5 Å². The SMILES string of the molecule is Cc1cnc(NCCCN2C(C)CNCC2C)nc1-c1cc2c(C(=O)O)cccc2s1. The van der Waals surface area contributed by atoms with Crippen LogP contribution in [-0.4, -0.2) is 64.2 Å². The van der Waals surface area contributed by atoms with Crippen molar-refractivity contribution in [2.45, 2.75) is 39.3 Å². The van der Waals surface area contributed by atoms with E-state index in [4.69, 9.17) is 4.98 Å². The summed E-state index contributed by atoms with van der Waals surface area (Å²) < 4.78 is 0.946. The Bertz CT molecular complexity index is 1070. The number of thiophene rings is 1. The Labute approximate surface area is 186 Å². The van der Waals surface area contributed by atoms with Crippen LogP contribution in [0.1, 0.15) is 36.2 Å². The molecule has 1 aliphatic rings. The highest BCUT2D eigenvalue weighted by Crippen LogP contribution is 2.35. The summed E-state index contributed by atoms with van der Waals surface area (Å²) in [5.74, 6) is -0.303. The largest absolute Gasteiger partial charge is 0.478 e. The van der Waals surface area contributed by atoms with Crippen LogP contribution in [0.4, 0.5) is 5.95 Å². The third-order valence-electron chi connectivity index (χ3n) is 5.88. The average Bonchev–Trinajstić information content (AvgIpc) is 3.18. The molecule has 2 aromatic heterocycles. The molecule has 2 unspecified atom stereocenters. The summed E-state index contributed by atoms with van der Waals surface area (Å²) >= 11 is 1.56. The molecule has 0 amide bonds. The monoisotopic (exact) mass is 439 g/mol. The molecule has 3 heterocycles. The molecule has 31 heavy (non-hydrogen) atoms. The first-order chi connectivity index (χ1) is 14.9. The molecule has 2 atom stereocenters. The van der Waals surface area contributed by atoms with Crippen LogP contribution in [0.3, 0.4) is 0 Å². The van der Waals surface area contributed by atoms with E-state index in [1.807, 2.05) is 25.3 Å². The number of nitrogens with zero attached hydrogens (tertiary/aromatic N) is 3. The van der Waals surface area contributed by atoms with Crippen molar-refractivity contribution < 1.29 is 9.90 Å². The average molecular weight is 440 g/mol. The number of fused-ring (bicyclic) bond motifs is 1. The number of anilines is 1. The lowest BCUT2D eigenvalue weighted by Crippen LogP contribution is -2.55. The number of carbonyl (C=O) groups is 1. The van der Waals surface area contributed by atoms with Gasteiger partial charge in [0.05, 0.1) is 16.1 Å². The van der Waals surface area contributed by atoms with E-state index in [0.29, 0.717) is 23.6 Å². The number of piperazine rings is 1. The highest BCUT2D eigenvalue weighted by Gasteiger charge is 2.23. The van der Waals surface area contributed by atoms with Crippen molar-refractivity contribution >= 4 is 33.3 Å². The third kappa shape index (κ3) is 4.71. The lowest BCUT2D eigenvalue weighted by Gasteiger charge is -2.39. The van der Waals surface area contributed by atoms with E-state index in [1.54, 1.807) is 23.5 Å². The zero-order chi connectivity index (χ0) is 22.0. The van der Waals surface area contributed by atoms with Crippen LogP contribution in [0.15, 0.2) is 30.5 Å². The lowest BCUT2D eigenvalue weighted by atomic mass is 10.1. The summed E-state index contributed by atoms with van der Waals surface area (Å²) in [6.45, 7) is 10.5. The zero-order valence-corrected chi connectivity index (χ0v) is 19.0. The molecule has 0 aliphatic carbocycles. The number of nitrogens with one attached hydrogen (secondary N) is 2. The van der Waals surface area contributed by atoms with Gasteiger partial charge in [0, 0.05) is 54.5 Å². The number of benzene rings is 1. The van der Waals surface area contributed by atoms with Gasteiger partial charge in [0.15, 0.2) is 0 Å². The molecule has 0 bridgehead atoms. The van der Waals surface area contributed by atoms with Gasteiger partial charge in [0.1, 0.15) is 0 Å². The van der Waals surface area contributed by atoms with Crippen LogP contribution < -0.4 is 10.6 Å². The van der Waals surface area contributed by atoms with Gasteiger partial charge in [-0.05, 0) is 51.0 Å². The molecular formula is C23H29N5O2S. The normalized spacial score (nSPS) is 19.6. The van der Waals surface area contributed by atoms with Crippen molar-refractivity contribution in [3.63, 3.8) is 0 Å². The maximum atomic E-state index is 11.5. The van der Waals surface area contributed by atoms with Gasteiger partial charge in [-0.2, -0.15) is 0 Å². The van der Waals surface area contributed by atoms with E-state index in [2.05, 4.69) is 34.4 Å². The van der Waals surface area contributed by atoms with Gasteiger partial charge in [-0.3, -0.25) is 4.90 Å². The van der Waals surface area contributed by atoms with Crippen molar-refractivity contribution in [3.8, 4) is 10.6 Å². The molecular weight excluding hydrogens is 410 g/mol. The van der Waals surface area contributed by atoms with Gasteiger partial charge in [-0.1, -0.05) is 6.07 Å². The quantitative estimate of drug-likeness (QED) is 0.482. The maximum absolute atomic E-state index is 11.5. The molecule has 3 N–H and O–H groups in total. The molecule has 0 saturated carbocycles. The first-order valence-electron chi connectivity index (χ1n) is 10.7. The second-order valence-electron chi connectivity index (χ2n) is 8.23. The zero-order valence-electron chi connectivity index (χ0n) is 18.2. The fourth-order valence-corrected chi connectivity index (χ4v) is 5.36. The van der Waals surface area contributed by atoms with Crippen LogP contribution in [0, 0.1) is 6.92 Å². The minimum absolute atomic E-state index is 0.321. The minimum Gasteiger partial charge on any atom is -0.478 e. The van der Waals surface area contributed by atoms with E-state index in [-0.39, 0.29) is 0 Å². The Kier molecular flexibility index (Phi) is 6.50. The molecule has 164 valence electrons.